The van der Waals surface area contributed by atoms with Gasteiger partial charge in [-0.15, -0.1) is 5.10 Å². The van der Waals surface area contributed by atoms with Gasteiger partial charge in [-0.2, -0.15) is 0 Å². The first-order valence-electron chi connectivity index (χ1n) is 4.86. The van der Waals surface area contributed by atoms with E-state index in [-0.39, 0.29) is 5.69 Å². The largest absolute Gasteiger partial charge is 0.383 e. The molecular formula is C10H7N5O2. The third-order valence-electron chi connectivity index (χ3n) is 2.21. The molecule has 3 rings (SSSR count). The first-order chi connectivity index (χ1) is 8.34. The zero-order valence-corrected chi connectivity index (χ0v) is 8.57. The number of aromatic amines is 1. The van der Waals surface area contributed by atoms with Crippen LogP contribution in [0.3, 0.4) is 0 Å². The van der Waals surface area contributed by atoms with E-state index in [9.17, 15) is 4.79 Å². The van der Waals surface area contributed by atoms with E-state index in [1.165, 1.54) is 12.5 Å². The minimum Gasteiger partial charge on any atom is -0.339 e. The average molecular weight is 229 g/mol. The summed E-state index contributed by atoms with van der Waals surface area (Å²) in [5, 5.41) is 7.60. The fourth-order valence-corrected chi connectivity index (χ4v) is 1.41. The second-order valence-corrected chi connectivity index (χ2v) is 3.30. The molecule has 0 unspecified atom stereocenters. The first-order valence-corrected chi connectivity index (χ1v) is 4.86. The maximum atomic E-state index is 11.6. The molecule has 0 radical (unpaired) electrons. The summed E-state index contributed by atoms with van der Waals surface area (Å²) < 4.78 is 0. The van der Waals surface area contributed by atoms with E-state index in [1.807, 2.05) is 12.1 Å². The number of imidazole rings is 1. The summed E-state index contributed by atoms with van der Waals surface area (Å²) in [7, 11) is 0. The highest BCUT2D eigenvalue weighted by Crippen LogP contribution is 2.08. The number of rotatable bonds is 2. The molecule has 0 saturated carbocycles. The highest BCUT2D eigenvalue weighted by molar-refractivity contribution is 5.87. The van der Waals surface area contributed by atoms with Crippen LogP contribution in [0.15, 0.2) is 36.8 Å². The Morgan fingerprint density at radius 2 is 2.24 bits per heavy atom. The summed E-state index contributed by atoms with van der Waals surface area (Å²) in [6, 6.07) is 7.18. The molecule has 0 aliphatic carbocycles. The lowest BCUT2D eigenvalue weighted by molar-refractivity contribution is 0.0402. The van der Waals surface area contributed by atoms with Gasteiger partial charge in [0, 0.05) is 0 Å². The van der Waals surface area contributed by atoms with Crippen LogP contribution in [0.5, 0.6) is 0 Å². The summed E-state index contributed by atoms with van der Waals surface area (Å²) in [5.74, 6) is -0.571. The number of carbonyl (C=O) groups excluding carboxylic acids is 1. The standard InChI is InChI=1S/C10H7N5O2/c16-10(8-5-11-6-12-8)17-15-9-4-2-1-3-7(9)13-14-15/h1-6H,(H,11,12). The molecule has 7 nitrogen and oxygen atoms in total. The van der Waals surface area contributed by atoms with Crippen molar-refractivity contribution >= 4 is 17.0 Å². The molecule has 7 heteroatoms. The molecule has 1 N–H and O–H groups in total. The van der Waals surface area contributed by atoms with Crippen molar-refractivity contribution in [3.63, 3.8) is 0 Å². The molecule has 0 saturated heterocycles. The highest BCUT2D eigenvalue weighted by atomic mass is 16.7. The lowest BCUT2D eigenvalue weighted by Gasteiger charge is -2.00. The van der Waals surface area contributed by atoms with E-state index >= 15 is 0 Å². The zero-order valence-electron chi connectivity index (χ0n) is 8.57. The number of benzene rings is 1. The molecule has 0 atom stereocenters. The minimum atomic E-state index is -0.571. The predicted molar refractivity (Wildman–Crippen MR) is 57.0 cm³/mol. The summed E-state index contributed by atoms with van der Waals surface area (Å²) >= 11 is 0. The monoisotopic (exact) mass is 229 g/mol. The van der Waals surface area contributed by atoms with Crippen molar-refractivity contribution in [2.45, 2.75) is 0 Å². The Balaban J connectivity index is 1.93. The number of H-pyrrole nitrogens is 1. The number of hydrogen-bond acceptors (Lipinski definition) is 5. The van der Waals surface area contributed by atoms with Crippen molar-refractivity contribution in [3.8, 4) is 0 Å². The maximum absolute atomic E-state index is 11.6. The van der Waals surface area contributed by atoms with Gasteiger partial charge in [-0.25, -0.2) is 9.78 Å². The second-order valence-electron chi connectivity index (χ2n) is 3.30. The molecule has 1 aromatic carbocycles. The van der Waals surface area contributed by atoms with Crippen molar-refractivity contribution < 1.29 is 9.63 Å². The van der Waals surface area contributed by atoms with Gasteiger partial charge in [-0.1, -0.05) is 17.0 Å². The molecule has 0 spiro atoms. The molecule has 0 bridgehead atoms. The van der Waals surface area contributed by atoms with Crippen LogP contribution in [0.4, 0.5) is 0 Å². The normalized spacial score (nSPS) is 10.6. The molecule has 84 valence electrons. The van der Waals surface area contributed by atoms with Crippen LogP contribution < -0.4 is 4.84 Å². The second kappa shape index (κ2) is 3.71. The summed E-state index contributed by atoms with van der Waals surface area (Å²) in [6.07, 6.45) is 2.78. The summed E-state index contributed by atoms with van der Waals surface area (Å²) in [5.41, 5.74) is 1.54. The number of aromatic nitrogens is 5. The van der Waals surface area contributed by atoms with Crippen molar-refractivity contribution in [2.75, 3.05) is 0 Å². The molecule has 17 heavy (non-hydrogen) atoms. The molecule has 2 aromatic heterocycles. The summed E-state index contributed by atoms with van der Waals surface area (Å²) in [4.78, 5) is 24.1. The van der Waals surface area contributed by atoms with Crippen molar-refractivity contribution in [1.82, 2.24) is 25.1 Å². The molecule has 2 heterocycles. The average Bonchev–Trinajstić information content (AvgIpc) is 2.98. The third kappa shape index (κ3) is 1.63. The number of nitrogens with one attached hydrogen (secondary N) is 1. The number of carbonyl (C=O) groups is 1. The van der Waals surface area contributed by atoms with Gasteiger partial charge in [0.1, 0.15) is 16.7 Å². The lowest BCUT2D eigenvalue weighted by atomic mass is 10.3. The Labute approximate surface area is 95.0 Å². The van der Waals surface area contributed by atoms with E-state index < -0.39 is 5.97 Å². The Morgan fingerprint density at radius 3 is 3.06 bits per heavy atom. The fraction of sp³-hybridized carbons (Fsp3) is 0. The van der Waals surface area contributed by atoms with Crippen molar-refractivity contribution in [3.05, 3.63) is 42.5 Å². The van der Waals surface area contributed by atoms with E-state index in [0.29, 0.717) is 11.0 Å². The zero-order chi connectivity index (χ0) is 11.7. The van der Waals surface area contributed by atoms with Gasteiger partial charge in [0.05, 0.1) is 12.5 Å². The van der Waals surface area contributed by atoms with Gasteiger partial charge in [0.25, 0.3) is 0 Å². The van der Waals surface area contributed by atoms with Gasteiger partial charge in [-0.3, -0.25) is 0 Å². The van der Waals surface area contributed by atoms with Gasteiger partial charge in [-0.05, 0) is 17.3 Å². The quantitative estimate of drug-likeness (QED) is 0.644. The predicted octanol–water partition coefficient (Wildman–Crippen LogP) is 0.423. The van der Waals surface area contributed by atoms with Crippen molar-refractivity contribution in [2.24, 2.45) is 0 Å². The van der Waals surface area contributed by atoms with Crippen molar-refractivity contribution in [1.29, 1.82) is 0 Å². The fourth-order valence-electron chi connectivity index (χ4n) is 1.41. The van der Waals surface area contributed by atoms with Crippen LogP contribution in [0.25, 0.3) is 11.0 Å². The third-order valence-corrected chi connectivity index (χ3v) is 2.21. The lowest BCUT2D eigenvalue weighted by Crippen LogP contribution is -2.21. The van der Waals surface area contributed by atoms with Crippen LogP contribution in [0, 0.1) is 0 Å². The highest BCUT2D eigenvalue weighted by Gasteiger charge is 2.12. The maximum Gasteiger partial charge on any atom is 0.383 e. The molecular weight excluding hydrogens is 222 g/mol. The Kier molecular flexibility index (Phi) is 2.08. The smallest absolute Gasteiger partial charge is 0.339 e. The van der Waals surface area contributed by atoms with Crippen LogP contribution in [-0.2, 0) is 0 Å². The Morgan fingerprint density at radius 1 is 1.35 bits per heavy atom. The van der Waals surface area contributed by atoms with Crippen LogP contribution in [0.2, 0.25) is 0 Å². The topological polar surface area (TPSA) is 85.7 Å². The first kappa shape index (κ1) is 9.52. The van der Waals surface area contributed by atoms with Gasteiger partial charge in [0.15, 0.2) is 0 Å². The van der Waals surface area contributed by atoms with E-state index in [4.69, 9.17) is 4.84 Å². The number of para-hydroxylation sites is 1. The Bertz CT molecular complexity index is 658. The molecule has 0 aliphatic rings. The number of nitrogens with zero attached hydrogens (tertiary/aromatic N) is 4. The van der Waals surface area contributed by atoms with Gasteiger partial charge >= 0.3 is 5.97 Å². The summed E-state index contributed by atoms with van der Waals surface area (Å²) in [6.45, 7) is 0. The molecule has 0 amide bonds. The SMILES string of the molecule is O=C(On1nnc2ccccc21)c1cnc[nH]1. The van der Waals surface area contributed by atoms with E-state index in [2.05, 4.69) is 20.3 Å². The minimum absolute atomic E-state index is 0.254. The van der Waals surface area contributed by atoms with Crippen LogP contribution >= 0.6 is 0 Å². The number of fused-ring (bicyclic) bond motifs is 1. The van der Waals surface area contributed by atoms with Gasteiger partial charge in [0.2, 0.25) is 0 Å². The van der Waals surface area contributed by atoms with Crippen LogP contribution in [-0.4, -0.2) is 31.1 Å². The Hall–Kier alpha value is -2.70. The van der Waals surface area contributed by atoms with Crippen LogP contribution in [0.1, 0.15) is 10.5 Å². The molecule has 3 aromatic rings. The van der Waals surface area contributed by atoms with Gasteiger partial charge < -0.3 is 9.82 Å². The molecule has 0 fully saturated rings. The van der Waals surface area contributed by atoms with E-state index in [1.54, 1.807) is 12.1 Å². The van der Waals surface area contributed by atoms with E-state index in [0.717, 1.165) is 4.85 Å². The number of hydrogen-bond donors (Lipinski definition) is 1. The molecule has 0 aliphatic heterocycles.